The molecule has 1 atom stereocenters. The summed E-state index contributed by atoms with van der Waals surface area (Å²) in [5, 5.41) is 4.38. The molecule has 0 saturated heterocycles. The first-order valence-electron chi connectivity index (χ1n) is 5.10. The predicted molar refractivity (Wildman–Crippen MR) is 55.9 cm³/mol. The normalized spacial score (nSPS) is 21.3. The first-order valence-corrected chi connectivity index (χ1v) is 5.10. The summed E-state index contributed by atoms with van der Waals surface area (Å²) in [5.74, 6) is 0. The number of aromatic nitrogens is 2. The third-order valence-electron chi connectivity index (χ3n) is 2.69. The summed E-state index contributed by atoms with van der Waals surface area (Å²) in [5.41, 5.74) is 8.61. The van der Waals surface area contributed by atoms with Gasteiger partial charge in [0.2, 0.25) is 0 Å². The van der Waals surface area contributed by atoms with E-state index in [1.807, 2.05) is 6.20 Å². The first kappa shape index (κ1) is 9.68. The van der Waals surface area contributed by atoms with Crippen molar-refractivity contribution in [3.8, 4) is 0 Å². The molecule has 0 aliphatic carbocycles. The highest BCUT2D eigenvalue weighted by Crippen LogP contribution is 2.18. The van der Waals surface area contributed by atoms with Gasteiger partial charge in [-0.25, -0.2) is 0 Å². The Kier molecular flexibility index (Phi) is 2.56. The fourth-order valence-electron chi connectivity index (χ4n) is 1.99. The lowest BCUT2D eigenvalue weighted by molar-refractivity contribution is 0.392. The highest BCUT2D eigenvalue weighted by molar-refractivity contribution is 5.20. The Morgan fingerprint density at radius 3 is 3.14 bits per heavy atom. The lowest BCUT2D eigenvalue weighted by Gasteiger charge is -2.21. The molecule has 1 unspecified atom stereocenters. The Morgan fingerprint density at radius 2 is 2.43 bits per heavy atom. The van der Waals surface area contributed by atoms with Crippen LogP contribution in [0.25, 0.3) is 0 Å². The van der Waals surface area contributed by atoms with E-state index >= 15 is 0 Å². The number of hydrogen-bond donors (Lipinski definition) is 1. The fourth-order valence-corrected chi connectivity index (χ4v) is 1.99. The summed E-state index contributed by atoms with van der Waals surface area (Å²) >= 11 is 0. The lowest BCUT2D eigenvalue weighted by Crippen LogP contribution is -2.31. The van der Waals surface area contributed by atoms with Crippen LogP contribution in [-0.2, 0) is 19.5 Å². The molecule has 1 aromatic rings. The highest BCUT2D eigenvalue weighted by atomic mass is 15.3. The summed E-state index contributed by atoms with van der Waals surface area (Å²) < 4.78 is 2.10. The molecule has 0 amide bonds. The molecule has 2 rings (SSSR count). The van der Waals surface area contributed by atoms with Crippen LogP contribution in [0.3, 0.4) is 0 Å². The van der Waals surface area contributed by atoms with E-state index in [9.17, 15) is 0 Å². The van der Waals surface area contributed by atoms with E-state index in [2.05, 4.69) is 28.8 Å². The summed E-state index contributed by atoms with van der Waals surface area (Å²) in [6.45, 7) is 1.94. The van der Waals surface area contributed by atoms with Crippen molar-refractivity contribution in [1.29, 1.82) is 0 Å². The maximum Gasteiger partial charge on any atom is 0.0537 e. The lowest BCUT2D eigenvalue weighted by atomic mass is 10.0. The molecular weight excluding hydrogens is 176 g/mol. The van der Waals surface area contributed by atoms with Crippen LogP contribution in [0.5, 0.6) is 0 Å². The maximum atomic E-state index is 5.95. The zero-order chi connectivity index (χ0) is 10.1. The number of rotatable bonds is 2. The Morgan fingerprint density at radius 1 is 1.64 bits per heavy atom. The average molecular weight is 194 g/mol. The van der Waals surface area contributed by atoms with Crippen molar-refractivity contribution in [1.82, 2.24) is 14.7 Å². The van der Waals surface area contributed by atoms with Crippen LogP contribution in [0, 0.1) is 0 Å². The topological polar surface area (TPSA) is 47.1 Å². The number of nitrogens with zero attached hydrogens (tertiary/aromatic N) is 3. The summed E-state index contributed by atoms with van der Waals surface area (Å²) in [7, 11) is 4.15. The van der Waals surface area contributed by atoms with E-state index in [4.69, 9.17) is 5.73 Å². The van der Waals surface area contributed by atoms with E-state index in [-0.39, 0.29) is 0 Å². The maximum absolute atomic E-state index is 5.95. The molecule has 0 aromatic carbocycles. The minimum atomic E-state index is 0.320. The molecule has 4 nitrogen and oxygen atoms in total. The molecule has 1 aromatic heterocycles. The average Bonchev–Trinajstić information content (AvgIpc) is 2.47. The van der Waals surface area contributed by atoms with Gasteiger partial charge in [-0.1, -0.05) is 0 Å². The minimum Gasteiger partial charge on any atom is -0.327 e. The number of hydrogen-bond acceptors (Lipinski definition) is 3. The van der Waals surface area contributed by atoms with Gasteiger partial charge in [-0.3, -0.25) is 4.68 Å². The smallest absolute Gasteiger partial charge is 0.0537 e. The largest absolute Gasteiger partial charge is 0.327 e. The van der Waals surface area contributed by atoms with Gasteiger partial charge in [0.15, 0.2) is 0 Å². The van der Waals surface area contributed by atoms with Crippen LogP contribution >= 0.6 is 0 Å². The van der Waals surface area contributed by atoms with Crippen molar-refractivity contribution in [2.24, 2.45) is 5.73 Å². The third kappa shape index (κ3) is 1.81. The van der Waals surface area contributed by atoms with Crippen molar-refractivity contribution in [2.75, 3.05) is 14.1 Å². The number of nitrogens with two attached hydrogens (primary N) is 1. The zero-order valence-corrected chi connectivity index (χ0v) is 8.90. The van der Waals surface area contributed by atoms with Crippen molar-refractivity contribution >= 4 is 0 Å². The quantitative estimate of drug-likeness (QED) is 0.732. The van der Waals surface area contributed by atoms with Gasteiger partial charge < -0.3 is 10.6 Å². The molecular formula is C10H18N4. The van der Waals surface area contributed by atoms with Gasteiger partial charge in [0.05, 0.1) is 6.20 Å². The summed E-state index contributed by atoms with van der Waals surface area (Å²) in [6, 6.07) is 0.320. The van der Waals surface area contributed by atoms with Gasteiger partial charge in [-0.2, -0.15) is 5.10 Å². The van der Waals surface area contributed by atoms with Crippen LogP contribution in [0.2, 0.25) is 0 Å². The molecule has 0 bridgehead atoms. The Hall–Kier alpha value is -0.870. The molecule has 1 aliphatic rings. The van der Waals surface area contributed by atoms with Gasteiger partial charge in [-0.05, 0) is 20.5 Å². The van der Waals surface area contributed by atoms with Gasteiger partial charge in [-0.15, -0.1) is 0 Å². The van der Waals surface area contributed by atoms with Crippen molar-refractivity contribution in [2.45, 2.75) is 32.0 Å². The molecule has 4 heteroatoms. The highest BCUT2D eigenvalue weighted by Gasteiger charge is 2.19. The van der Waals surface area contributed by atoms with Gasteiger partial charge in [0.25, 0.3) is 0 Å². The van der Waals surface area contributed by atoms with Gasteiger partial charge in [0.1, 0.15) is 0 Å². The Bertz CT molecular complexity index is 316. The van der Waals surface area contributed by atoms with Crippen molar-refractivity contribution < 1.29 is 0 Å². The molecule has 0 saturated carbocycles. The van der Waals surface area contributed by atoms with Crippen LogP contribution < -0.4 is 5.73 Å². The van der Waals surface area contributed by atoms with Crippen LogP contribution in [-0.4, -0.2) is 34.8 Å². The van der Waals surface area contributed by atoms with Gasteiger partial charge in [0, 0.05) is 36.8 Å². The van der Waals surface area contributed by atoms with E-state index in [1.165, 1.54) is 11.3 Å². The molecule has 2 heterocycles. The van der Waals surface area contributed by atoms with Crippen LogP contribution in [0.4, 0.5) is 0 Å². The summed E-state index contributed by atoms with van der Waals surface area (Å²) in [6.07, 6.45) is 4.01. The monoisotopic (exact) mass is 194 g/mol. The second-order valence-electron chi connectivity index (χ2n) is 4.33. The Balaban J connectivity index is 2.22. The molecule has 0 radical (unpaired) electrons. The number of aryl methyl sites for hydroxylation is 1. The molecule has 0 spiro atoms. The molecule has 78 valence electrons. The zero-order valence-electron chi connectivity index (χ0n) is 8.90. The standard InChI is InChI=1S/C10H18N4/c1-13(2)7-8-6-12-14-4-3-9(11)5-10(8)14/h6,9H,3-5,7,11H2,1-2H3. The molecule has 14 heavy (non-hydrogen) atoms. The van der Waals surface area contributed by atoms with E-state index in [1.54, 1.807) is 0 Å². The molecule has 2 N–H and O–H groups in total. The third-order valence-corrected chi connectivity index (χ3v) is 2.69. The predicted octanol–water partition coefficient (Wildman–Crippen LogP) is 0.218. The SMILES string of the molecule is CN(C)Cc1cnn2c1CC(N)CC2. The Labute approximate surface area is 84.7 Å². The summed E-state index contributed by atoms with van der Waals surface area (Å²) in [4.78, 5) is 2.16. The first-order chi connectivity index (χ1) is 6.66. The van der Waals surface area contributed by atoms with Crippen LogP contribution in [0.15, 0.2) is 6.20 Å². The van der Waals surface area contributed by atoms with E-state index in [0.29, 0.717) is 6.04 Å². The molecule has 0 fully saturated rings. The van der Waals surface area contributed by atoms with E-state index < -0.39 is 0 Å². The molecule has 1 aliphatic heterocycles. The van der Waals surface area contributed by atoms with Gasteiger partial charge >= 0.3 is 0 Å². The van der Waals surface area contributed by atoms with Crippen molar-refractivity contribution in [3.63, 3.8) is 0 Å². The minimum absolute atomic E-state index is 0.320. The second-order valence-corrected chi connectivity index (χ2v) is 4.33. The van der Waals surface area contributed by atoms with Crippen LogP contribution in [0.1, 0.15) is 17.7 Å². The van der Waals surface area contributed by atoms with Crippen molar-refractivity contribution in [3.05, 3.63) is 17.5 Å². The number of fused-ring (bicyclic) bond motifs is 1. The van der Waals surface area contributed by atoms with E-state index in [0.717, 1.165) is 25.9 Å². The second kappa shape index (κ2) is 3.71. The fraction of sp³-hybridized carbons (Fsp3) is 0.700.